The third-order valence-electron chi connectivity index (χ3n) is 1.92. The summed E-state index contributed by atoms with van der Waals surface area (Å²) in [5, 5.41) is 0. The van der Waals surface area contributed by atoms with Gasteiger partial charge in [0, 0.05) is 6.61 Å². The zero-order chi connectivity index (χ0) is 14.7. The molecule has 0 amide bonds. The van der Waals surface area contributed by atoms with Gasteiger partial charge in [0.2, 0.25) is 0 Å². The summed E-state index contributed by atoms with van der Waals surface area (Å²) in [4.78, 5) is 20.4. The van der Waals surface area contributed by atoms with Crippen LogP contribution < -0.4 is 44.2 Å². The Morgan fingerprint density at radius 1 is 1.25 bits per heavy atom. The number of nitrogens with one attached hydrogen (secondary N) is 1. The van der Waals surface area contributed by atoms with Crippen LogP contribution in [0.25, 0.3) is 6.08 Å². The van der Waals surface area contributed by atoms with Crippen molar-refractivity contribution in [3.63, 3.8) is 0 Å². The van der Waals surface area contributed by atoms with Crippen molar-refractivity contribution in [1.82, 2.24) is 0 Å². The Balaban J connectivity index is 0. The van der Waals surface area contributed by atoms with Crippen LogP contribution in [0.3, 0.4) is 0 Å². The summed E-state index contributed by atoms with van der Waals surface area (Å²) in [6, 6.07) is 10.4. The Morgan fingerprint density at radius 2 is 1.80 bits per heavy atom. The maximum absolute atomic E-state index is 9.48. The standard InChI is InChI=1S/C11H15N.C2H7O4P.Na/c1-12(2)10-6-9-11-7-4-3-5-8-11;1-2-6-7(3,4)5;/h3-9H,10H2,1-2H3;2H2,1H3,(H2,3,4,5);/q;;+1/p-1. The van der Waals surface area contributed by atoms with Gasteiger partial charge in [-0.3, -0.25) is 0 Å². The van der Waals surface area contributed by atoms with Gasteiger partial charge in [0.1, 0.15) is 0 Å². The Morgan fingerprint density at radius 3 is 2.15 bits per heavy atom. The van der Waals surface area contributed by atoms with E-state index in [9.17, 15) is 14.4 Å². The van der Waals surface area contributed by atoms with Gasteiger partial charge in [-0.15, -0.1) is 0 Å². The molecular formula is C13H21NNaO4P. The Labute approximate surface area is 143 Å². The molecule has 1 rings (SSSR count). The number of hydrogen-bond donors (Lipinski definition) is 1. The molecule has 1 N–H and O–H groups in total. The van der Waals surface area contributed by atoms with Gasteiger partial charge in [-0.25, -0.2) is 0 Å². The van der Waals surface area contributed by atoms with Crippen LogP contribution in [0.5, 0.6) is 0 Å². The van der Waals surface area contributed by atoms with Gasteiger partial charge in [0.15, 0.2) is 0 Å². The van der Waals surface area contributed by atoms with Crippen molar-refractivity contribution in [1.29, 1.82) is 0 Å². The van der Waals surface area contributed by atoms with Crippen molar-refractivity contribution in [2.75, 3.05) is 27.2 Å². The number of rotatable bonds is 5. The minimum absolute atomic E-state index is 0. The molecule has 0 unspecified atom stereocenters. The van der Waals surface area contributed by atoms with E-state index in [0.29, 0.717) is 0 Å². The fourth-order valence-electron chi connectivity index (χ4n) is 1.15. The number of likely N-dealkylation sites (N-methyl/N-ethyl adjacent to an activating group) is 1. The average molecular weight is 309 g/mol. The van der Waals surface area contributed by atoms with E-state index >= 15 is 0 Å². The van der Waals surface area contributed by atoms with Crippen LogP contribution in [0.4, 0.5) is 0 Å². The summed E-state index contributed by atoms with van der Waals surface area (Å²) in [5.41, 5.74) is 1.28. The van der Waals surface area contributed by atoms with Gasteiger partial charge in [0.25, 0.3) is 0 Å². The molecule has 7 heteroatoms. The molecule has 0 spiro atoms. The van der Waals surface area contributed by atoms with Gasteiger partial charge in [0.05, 0.1) is 28.5 Å². The molecule has 0 saturated heterocycles. The maximum Gasteiger partial charge on any atom is 1.00 e. The minimum atomic E-state index is -4.67. The van der Waals surface area contributed by atoms with E-state index in [4.69, 9.17) is 0 Å². The summed E-state index contributed by atoms with van der Waals surface area (Å²) >= 11 is 0. The summed E-state index contributed by atoms with van der Waals surface area (Å²) in [5.74, 6) is 0. The van der Waals surface area contributed by atoms with Crippen LogP contribution in [0.15, 0.2) is 36.4 Å². The van der Waals surface area contributed by atoms with E-state index < -0.39 is 7.82 Å². The average Bonchev–Trinajstić information content (AvgIpc) is 2.29. The Hall–Kier alpha value is 0.0300. The molecule has 0 saturated carbocycles. The predicted molar refractivity (Wildman–Crippen MR) is 72.4 cm³/mol. The Bertz CT molecular complexity index is 406. The number of hydrogen-bond acceptors (Lipinski definition) is 4. The van der Waals surface area contributed by atoms with Crippen LogP contribution >= 0.6 is 7.82 Å². The molecule has 108 valence electrons. The fourth-order valence-corrected chi connectivity index (χ4v) is 1.47. The van der Waals surface area contributed by atoms with Crippen LogP contribution in [0.2, 0.25) is 0 Å². The smallest absolute Gasteiger partial charge is 0.790 e. The van der Waals surface area contributed by atoms with E-state index in [1.165, 1.54) is 17.4 Å². The van der Waals surface area contributed by atoms with Gasteiger partial charge < -0.3 is 23.8 Å². The third kappa shape index (κ3) is 16.1. The summed E-state index contributed by atoms with van der Waals surface area (Å²) < 4.78 is 13.2. The third-order valence-corrected chi connectivity index (χ3v) is 2.50. The summed E-state index contributed by atoms with van der Waals surface area (Å²) in [6.45, 7) is 2.43. The first-order valence-electron chi connectivity index (χ1n) is 6.02. The molecule has 0 aliphatic heterocycles. The minimum Gasteiger partial charge on any atom is -0.790 e. The van der Waals surface area contributed by atoms with Crippen molar-refractivity contribution in [2.24, 2.45) is 0 Å². The predicted octanol–water partition coefficient (Wildman–Crippen LogP) is -3.30. The van der Waals surface area contributed by atoms with Gasteiger partial charge in [-0.1, -0.05) is 36.4 Å². The van der Waals surface area contributed by atoms with Crippen LogP contribution in [-0.4, -0.2) is 27.2 Å². The summed E-state index contributed by atoms with van der Waals surface area (Å²) in [7, 11) is -0.369. The monoisotopic (exact) mass is 309 g/mol. The number of benzene rings is 1. The normalized spacial score (nSPS) is 10.9. The second-order valence-corrected chi connectivity index (χ2v) is 5.24. The largest absolute Gasteiger partial charge is 1.00 e. The number of phosphoric acid groups is 1. The van der Waals surface area contributed by atoms with Crippen molar-refractivity contribution in [3.05, 3.63) is 42.0 Å². The van der Waals surface area contributed by atoms with Gasteiger partial charge >= 0.3 is 29.6 Å². The molecule has 1 aromatic carbocycles. The number of phosphoric ester groups is 1. The Kier molecular flexibility index (Phi) is 14.2. The van der Waals surface area contributed by atoms with E-state index in [2.05, 4.69) is 55.0 Å². The van der Waals surface area contributed by atoms with Gasteiger partial charge in [-0.05, 0) is 18.6 Å². The molecule has 0 fully saturated rings. The topological polar surface area (TPSA) is 76.9 Å². The van der Waals surface area contributed by atoms with Crippen LogP contribution in [0, 0.1) is 0 Å². The molecule has 0 radical (unpaired) electrons. The van der Waals surface area contributed by atoms with E-state index in [0.717, 1.165) is 6.54 Å². The SMILES string of the molecule is CCOP(=O)([O-])[O-].C[NH+](C)CC=Cc1ccccc1.[Na+]. The second kappa shape index (κ2) is 12.7. The molecular weight excluding hydrogens is 288 g/mol. The first-order valence-corrected chi connectivity index (χ1v) is 7.48. The van der Waals surface area contributed by atoms with E-state index in [1.807, 2.05) is 6.07 Å². The molecule has 0 aromatic heterocycles. The second-order valence-electron chi connectivity index (χ2n) is 4.09. The van der Waals surface area contributed by atoms with Crippen LogP contribution in [0.1, 0.15) is 12.5 Å². The first kappa shape index (κ1) is 22.3. The van der Waals surface area contributed by atoms with Gasteiger partial charge in [-0.2, -0.15) is 0 Å². The molecule has 0 heterocycles. The molecule has 0 bridgehead atoms. The fraction of sp³-hybridized carbons (Fsp3) is 0.385. The zero-order valence-corrected chi connectivity index (χ0v) is 15.4. The molecule has 20 heavy (non-hydrogen) atoms. The van der Waals surface area contributed by atoms with Crippen molar-refractivity contribution < 1.29 is 53.3 Å². The quantitative estimate of drug-likeness (QED) is 0.457. The number of quaternary nitrogens is 1. The molecule has 0 aliphatic carbocycles. The van der Waals surface area contributed by atoms with Crippen LogP contribution in [-0.2, 0) is 9.09 Å². The van der Waals surface area contributed by atoms with Crippen molar-refractivity contribution >= 4 is 13.9 Å². The first-order chi connectivity index (χ1) is 8.85. The molecule has 0 atom stereocenters. The molecule has 5 nitrogen and oxygen atoms in total. The maximum atomic E-state index is 9.48. The van der Waals surface area contributed by atoms with E-state index in [-0.39, 0.29) is 36.2 Å². The van der Waals surface area contributed by atoms with Crippen molar-refractivity contribution in [2.45, 2.75) is 6.92 Å². The molecule has 1 aromatic rings. The summed E-state index contributed by atoms with van der Waals surface area (Å²) in [6.07, 6.45) is 4.36. The molecule has 0 aliphatic rings. The van der Waals surface area contributed by atoms with Crippen molar-refractivity contribution in [3.8, 4) is 0 Å². The van der Waals surface area contributed by atoms with E-state index in [1.54, 1.807) is 0 Å². The zero-order valence-electron chi connectivity index (χ0n) is 12.5.